The second kappa shape index (κ2) is 6.72. The van der Waals surface area contributed by atoms with Gasteiger partial charge >= 0.3 is 5.97 Å². The summed E-state index contributed by atoms with van der Waals surface area (Å²) < 4.78 is 5.68. The molecule has 2 nitrogen and oxygen atoms in total. The summed E-state index contributed by atoms with van der Waals surface area (Å²) in [4.78, 5) is 13.1. The number of carbonyl (C=O) groups is 1. The lowest BCUT2D eigenvalue weighted by atomic mass is 9.67. The van der Waals surface area contributed by atoms with E-state index in [1.54, 1.807) is 0 Å². The maximum absolute atomic E-state index is 13.1. The van der Waals surface area contributed by atoms with Gasteiger partial charge in [0.25, 0.3) is 0 Å². The lowest BCUT2D eigenvalue weighted by Crippen LogP contribution is -2.30. The van der Waals surface area contributed by atoms with E-state index in [2.05, 4.69) is 49.4 Å². The van der Waals surface area contributed by atoms with Crippen molar-refractivity contribution in [1.82, 2.24) is 0 Å². The maximum atomic E-state index is 13.1. The van der Waals surface area contributed by atoms with Crippen LogP contribution < -0.4 is 0 Å². The third-order valence-corrected chi connectivity index (χ3v) is 8.56. The standard InChI is InChI=1S/C27H30O2/c1-2-3-12-29-27(28)21-11-10-16-6-4-5-7-20(16)26(21)23-15-19-14-22(23)25-18-9-8-17(13-18)24(19)25/h4-11,17-19,22-25H,2-3,12-15H2,1H3. The van der Waals surface area contributed by atoms with Crippen LogP contribution in [-0.2, 0) is 4.74 Å². The first kappa shape index (κ1) is 17.7. The molecule has 0 saturated heterocycles. The lowest BCUT2D eigenvalue weighted by Gasteiger charge is -2.37. The van der Waals surface area contributed by atoms with Gasteiger partial charge in [0.05, 0.1) is 12.2 Å². The summed E-state index contributed by atoms with van der Waals surface area (Å²) in [6, 6.07) is 12.8. The zero-order valence-corrected chi connectivity index (χ0v) is 17.2. The van der Waals surface area contributed by atoms with Gasteiger partial charge in [-0.15, -0.1) is 0 Å². The van der Waals surface area contributed by atoms with Crippen molar-refractivity contribution < 1.29 is 9.53 Å². The van der Waals surface area contributed by atoms with Crippen molar-refractivity contribution in [3.8, 4) is 0 Å². The van der Waals surface area contributed by atoms with Gasteiger partial charge in [-0.1, -0.05) is 55.8 Å². The van der Waals surface area contributed by atoms with Crippen molar-refractivity contribution in [1.29, 1.82) is 0 Å². The van der Waals surface area contributed by atoms with E-state index in [0.717, 1.165) is 53.9 Å². The number of benzene rings is 2. The molecule has 0 amide bonds. The highest BCUT2D eigenvalue weighted by Crippen LogP contribution is 2.69. The Hall–Kier alpha value is -2.09. The highest BCUT2D eigenvalue weighted by Gasteiger charge is 2.61. The highest BCUT2D eigenvalue weighted by molar-refractivity contribution is 5.99. The van der Waals surface area contributed by atoms with Crippen LogP contribution in [0.3, 0.4) is 0 Å². The summed E-state index contributed by atoms with van der Waals surface area (Å²) in [6.07, 6.45) is 11.0. The van der Waals surface area contributed by atoms with Gasteiger partial charge in [-0.2, -0.15) is 0 Å². The Morgan fingerprint density at radius 2 is 1.83 bits per heavy atom. The van der Waals surface area contributed by atoms with E-state index in [-0.39, 0.29) is 5.97 Å². The van der Waals surface area contributed by atoms with Crippen LogP contribution in [0.15, 0.2) is 48.6 Å². The molecule has 6 rings (SSSR count). The van der Waals surface area contributed by atoms with Gasteiger partial charge in [-0.25, -0.2) is 4.79 Å². The minimum atomic E-state index is -0.119. The third-order valence-electron chi connectivity index (χ3n) is 8.56. The maximum Gasteiger partial charge on any atom is 0.338 e. The smallest absolute Gasteiger partial charge is 0.338 e. The fourth-order valence-electron chi connectivity index (χ4n) is 7.61. The molecule has 0 N–H and O–H groups in total. The van der Waals surface area contributed by atoms with E-state index in [4.69, 9.17) is 4.74 Å². The van der Waals surface area contributed by atoms with Gasteiger partial charge < -0.3 is 4.74 Å². The molecular weight excluding hydrogens is 356 g/mol. The monoisotopic (exact) mass is 386 g/mol. The summed E-state index contributed by atoms with van der Waals surface area (Å²) in [6.45, 7) is 2.66. The summed E-state index contributed by atoms with van der Waals surface area (Å²) in [7, 11) is 0. The zero-order chi connectivity index (χ0) is 19.5. The first-order valence-electron chi connectivity index (χ1n) is 11.6. The van der Waals surface area contributed by atoms with Crippen LogP contribution >= 0.6 is 0 Å². The minimum absolute atomic E-state index is 0.119. The molecule has 0 aliphatic heterocycles. The fraction of sp³-hybridized carbons (Fsp3) is 0.519. The average molecular weight is 387 g/mol. The molecule has 0 spiro atoms. The van der Waals surface area contributed by atoms with Crippen LogP contribution in [0.25, 0.3) is 10.8 Å². The second-order valence-corrected chi connectivity index (χ2v) is 9.84. The number of hydrogen-bond donors (Lipinski definition) is 0. The van der Waals surface area contributed by atoms with Crippen molar-refractivity contribution in [2.45, 2.75) is 44.9 Å². The number of esters is 1. The normalized spacial score (nSPS) is 36.1. The molecule has 2 aromatic carbocycles. The number of rotatable bonds is 5. The van der Waals surface area contributed by atoms with E-state index >= 15 is 0 Å². The largest absolute Gasteiger partial charge is 0.462 e. The minimum Gasteiger partial charge on any atom is -0.462 e. The van der Waals surface area contributed by atoms with E-state index in [1.165, 1.54) is 35.6 Å². The van der Waals surface area contributed by atoms with Gasteiger partial charge in [-0.3, -0.25) is 0 Å². The van der Waals surface area contributed by atoms with Gasteiger partial charge in [0.1, 0.15) is 0 Å². The van der Waals surface area contributed by atoms with E-state index in [9.17, 15) is 4.79 Å². The number of carbonyl (C=O) groups excluding carboxylic acids is 1. The molecule has 2 heteroatoms. The summed E-state index contributed by atoms with van der Waals surface area (Å²) in [5.74, 6) is 5.36. The summed E-state index contributed by atoms with van der Waals surface area (Å²) in [5, 5.41) is 2.52. The fourth-order valence-corrected chi connectivity index (χ4v) is 7.61. The Balaban J connectivity index is 1.41. The molecule has 2 aromatic rings. The number of fused-ring (bicyclic) bond motifs is 10. The molecule has 0 aromatic heterocycles. The quantitative estimate of drug-likeness (QED) is 0.259. The second-order valence-electron chi connectivity index (χ2n) is 9.84. The number of unbranched alkanes of at least 4 members (excludes halogenated alkanes) is 1. The van der Waals surface area contributed by atoms with Crippen molar-refractivity contribution in [3.05, 3.63) is 59.7 Å². The third kappa shape index (κ3) is 2.57. The molecular formula is C27H30O2. The number of hydrogen-bond acceptors (Lipinski definition) is 2. The van der Waals surface area contributed by atoms with Gasteiger partial charge in [0.15, 0.2) is 0 Å². The highest BCUT2D eigenvalue weighted by atomic mass is 16.5. The Kier molecular flexibility index (Phi) is 4.11. The van der Waals surface area contributed by atoms with E-state index in [1.807, 2.05) is 6.07 Å². The Morgan fingerprint density at radius 1 is 1.00 bits per heavy atom. The van der Waals surface area contributed by atoms with Crippen molar-refractivity contribution in [2.75, 3.05) is 6.61 Å². The predicted octanol–water partition coefficient (Wildman–Crippen LogP) is 6.36. The van der Waals surface area contributed by atoms with Crippen molar-refractivity contribution >= 4 is 16.7 Å². The molecule has 3 fully saturated rings. The number of allylic oxidation sites excluding steroid dienone is 2. The molecule has 0 radical (unpaired) electrons. The van der Waals surface area contributed by atoms with Crippen LogP contribution in [0.4, 0.5) is 0 Å². The summed E-state index contributed by atoms with van der Waals surface area (Å²) in [5.41, 5.74) is 2.12. The topological polar surface area (TPSA) is 26.3 Å². The predicted molar refractivity (Wildman–Crippen MR) is 116 cm³/mol. The van der Waals surface area contributed by atoms with Crippen LogP contribution in [-0.4, -0.2) is 12.6 Å². The molecule has 150 valence electrons. The van der Waals surface area contributed by atoms with E-state index in [0.29, 0.717) is 12.5 Å². The van der Waals surface area contributed by atoms with Gasteiger partial charge in [-0.05, 0) is 89.5 Å². The van der Waals surface area contributed by atoms with E-state index < -0.39 is 0 Å². The van der Waals surface area contributed by atoms with Gasteiger partial charge in [0, 0.05) is 0 Å². The van der Waals surface area contributed by atoms with Crippen LogP contribution in [0, 0.1) is 35.5 Å². The van der Waals surface area contributed by atoms with Crippen molar-refractivity contribution in [3.63, 3.8) is 0 Å². The average Bonchev–Trinajstić information content (AvgIpc) is 3.52. The molecule has 4 aliphatic rings. The molecule has 0 heterocycles. The molecule has 4 aliphatic carbocycles. The Morgan fingerprint density at radius 3 is 2.69 bits per heavy atom. The SMILES string of the molecule is CCCCOC(=O)c1ccc2ccccc2c1C1CC2CC1C1C3C=CC(C3)C21. The van der Waals surface area contributed by atoms with Gasteiger partial charge in [0.2, 0.25) is 0 Å². The molecule has 29 heavy (non-hydrogen) atoms. The molecule has 4 bridgehead atoms. The zero-order valence-electron chi connectivity index (χ0n) is 17.2. The lowest BCUT2D eigenvalue weighted by molar-refractivity contribution is 0.0496. The number of ether oxygens (including phenoxy) is 1. The van der Waals surface area contributed by atoms with Crippen LogP contribution in [0.1, 0.15) is 60.9 Å². The van der Waals surface area contributed by atoms with Crippen LogP contribution in [0.5, 0.6) is 0 Å². The Labute approximate surface area is 173 Å². The first-order chi connectivity index (χ1) is 14.3. The molecule has 7 unspecified atom stereocenters. The first-order valence-corrected chi connectivity index (χ1v) is 11.6. The van der Waals surface area contributed by atoms with Crippen molar-refractivity contribution in [2.24, 2.45) is 35.5 Å². The van der Waals surface area contributed by atoms with Crippen LogP contribution in [0.2, 0.25) is 0 Å². The Bertz CT molecular complexity index is 989. The summed E-state index contributed by atoms with van der Waals surface area (Å²) >= 11 is 0. The molecule has 7 atom stereocenters. The molecule has 3 saturated carbocycles.